The number of aromatic nitrogens is 1. The zero-order valence-electron chi connectivity index (χ0n) is 43.7. The number of H-pyrrole nitrogens is 1. The van der Waals surface area contributed by atoms with Crippen LogP contribution in [0.5, 0.6) is 0 Å². The summed E-state index contributed by atoms with van der Waals surface area (Å²) < 4.78 is 13.6. The molecule has 2 saturated carbocycles. The molecule has 1 amide bonds. The Morgan fingerprint density at radius 3 is 1.67 bits per heavy atom. The van der Waals surface area contributed by atoms with E-state index in [0.29, 0.717) is 33.7 Å². The van der Waals surface area contributed by atoms with Crippen molar-refractivity contribution in [1.29, 1.82) is 0 Å². The number of amidine groups is 2. The Labute approximate surface area is 411 Å². The first kappa shape index (κ1) is 51.1. The van der Waals surface area contributed by atoms with Gasteiger partial charge in [0, 0.05) is 40.4 Å². The number of aliphatic imine (C=N–C) groups is 2. The molecular weight excluding hydrogens is 859 g/mol. The molecule has 0 saturated heterocycles. The monoisotopic (exact) mass is 936 g/mol. The molecule has 10 nitrogen and oxygen atoms in total. The second-order valence-corrected chi connectivity index (χ2v) is 24.4. The number of amides is 1. The Balaban J connectivity index is 1.43. The molecule has 2 heterocycles. The van der Waals surface area contributed by atoms with Gasteiger partial charge in [-0.1, -0.05) is 175 Å². The number of esters is 2. The lowest BCUT2D eigenvalue weighted by Gasteiger charge is -2.50. The minimum absolute atomic E-state index is 0.0221. The number of nitrogens with two attached hydrogens (primary N) is 1. The van der Waals surface area contributed by atoms with E-state index in [-0.39, 0.29) is 85.9 Å². The van der Waals surface area contributed by atoms with Gasteiger partial charge in [-0.3, -0.25) is 4.79 Å². The highest BCUT2D eigenvalue weighted by Gasteiger charge is 2.50. The van der Waals surface area contributed by atoms with Crippen molar-refractivity contribution in [2.24, 2.45) is 61.2 Å². The number of carbonyl (C=O) groups excluding carboxylic acids is 3. The number of rotatable bonds is 8. The second-order valence-electron chi connectivity index (χ2n) is 24.4. The van der Waals surface area contributed by atoms with Crippen LogP contribution in [0.15, 0.2) is 100 Å². The number of benzene rings is 3. The number of nitrogens with zero attached hydrogens (tertiary/aromatic N) is 2. The molecule has 4 aromatic rings. The van der Waals surface area contributed by atoms with Gasteiger partial charge >= 0.3 is 11.9 Å². The summed E-state index contributed by atoms with van der Waals surface area (Å²) >= 11 is 0. The lowest BCUT2D eigenvalue weighted by atomic mass is 9.59. The first-order valence-corrected chi connectivity index (χ1v) is 25.1. The third-order valence-corrected chi connectivity index (χ3v) is 15.2. The molecule has 3 aromatic carbocycles. The van der Waals surface area contributed by atoms with Crippen molar-refractivity contribution in [3.8, 4) is 11.1 Å². The molecular formula is C59H77N5O5. The van der Waals surface area contributed by atoms with Gasteiger partial charge in [0.15, 0.2) is 11.7 Å². The van der Waals surface area contributed by atoms with E-state index in [2.05, 4.69) is 100 Å². The molecule has 4 N–H and O–H groups in total. The van der Waals surface area contributed by atoms with E-state index in [4.69, 9.17) is 25.2 Å². The molecule has 1 aliphatic heterocycles. The molecule has 2 fully saturated rings. The minimum atomic E-state index is -0.598. The van der Waals surface area contributed by atoms with E-state index >= 15 is 4.79 Å². The fourth-order valence-corrected chi connectivity index (χ4v) is 11.4. The number of hydrogen-bond acceptors (Lipinski definition) is 7. The van der Waals surface area contributed by atoms with E-state index < -0.39 is 23.9 Å². The Morgan fingerprint density at radius 1 is 0.667 bits per heavy atom. The van der Waals surface area contributed by atoms with Crippen LogP contribution in [0.25, 0.3) is 16.7 Å². The van der Waals surface area contributed by atoms with E-state index in [9.17, 15) is 9.59 Å². The molecule has 0 radical (unpaired) electrons. The summed E-state index contributed by atoms with van der Waals surface area (Å²) in [7, 11) is 0. The lowest BCUT2D eigenvalue weighted by molar-refractivity contribution is -0.164. The summed E-state index contributed by atoms with van der Waals surface area (Å²) in [4.78, 5) is 58.3. The molecule has 1 aromatic heterocycles. The second kappa shape index (κ2) is 19.6. The molecule has 3 aliphatic rings. The summed E-state index contributed by atoms with van der Waals surface area (Å²) in [6.07, 6.45) is 4.02. The average Bonchev–Trinajstić information content (AvgIpc) is 3.79. The summed E-state index contributed by atoms with van der Waals surface area (Å²) in [6, 6.07) is 26.3. The van der Waals surface area contributed by atoms with Gasteiger partial charge in [0.2, 0.25) is 0 Å². The first-order valence-electron chi connectivity index (χ1n) is 25.1. The van der Waals surface area contributed by atoms with Gasteiger partial charge in [-0.15, -0.1) is 0 Å². The largest absolute Gasteiger partial charge is 0.458 e. The van der Waals surface area contributed by atoms with Crippen molar-refractivity contribution in [1.82, 2.24) is 10.3 Å². The molecule has 0 bridgehead atoms. The number of aryl methyl sites for hydroxylation is 1. The highest BCUT2D eigenvalue weighted by molar-refractivity contribution is 6.45. The van der Waals surface area contributed by atoms with Crippen LogP contribution >= 0.6 is 0 Å². The van der Waals surface area contributed by atoms with Crippen LogP contribution in [0.4, 0.5) is 11.6 Å². The Bertz CT molecular complexity index is 2580. The first-order chi connectivity index (χ1) is 32.3. The highest BCUT2D eigenvalue weighted by atomic mass is 16.5. The fraction of sp³-hybridized carbons (Fsp3) is 0.508. The van der Waals surface area contributed by atoms with Crippen LogP contribution in [0.2, 0.25) is 0 Å². The zero-order valence-corrected chi connectivity index (χ0v) is 43.7. The molecule has 0 spiro atoms. The maximum atomic E-state index is 15.5. The molecule has 7 rings (SSSR count). The number of anilines is 1. The van der Waals surface area contributed by atoms with Crippen molar-refractivity contribution in [3.63, 3.8) is 0 Å². The predicted octanol–water partition coefficient (Wildman–Crippen LogP) is 13.6. The van der Waals surface area contributed by atoms with Gasteiger partial charge in [0.1, 0.15) is 35.0 Å². The van der Waals surface area contributed by atoms with Gasteiger partial charge in [-0.25, -0.2) is 19.6 Å². The number of nitrogen functional groups attached to an aromatic ring is 1. The van der Waals surface area contributed by atoms with Crippen LogP contribution in [0.3, 0.4) is 0 Å². The molecule has 2 aliphatic carbocycles. The molecule has 368 valence electrons. The normalized spacial score (nSPS) is 24.2. The maximum Gasteiger partial charge on any atom is 0.343 e. The molecule has 69 heavy (non-hydrogen) atoms. The molecule has 4 unspecified atom stereocenters. The SMILES string of the molecule is Cc1ccccc1C(=O)NC1=NC(=Nc2[nH]c(N)c(C(=O)OC3C(C(C)(C)C)CCCC3C(C)(C)C)c2-c2ccccc2)C(c2ccccc2)=C1C(=O)OC1C(C(C)(C)C)CC(C)CC1C(C)(C)C. The average molecular weight is 936 g/mol. The maximum absolute atomic E-state index is 15.5. The van der Waals surface area contributed by atoms with Crippen LogP contribution in [0, 0.1) is 58.2 Å². The van der Waals surface area contributed by atoms with E-state index in [1.807, 2.05) is 79.7 Å². The van der Waals surface area contributed by atoms with Crippen molar-refractivity contribution < 1.29 is 23.9 Å². The Kier molecular flexibility index (Phi) is 14.5. The molecule has 10 heteroatoms. The topological polar surface area (TPSA) is 148 Å². The predicted molar refractivity (Wildman–Crippen MR) is 280 cm³/mol. The zero-order chi connectivity index (χ0) is 50.4. The third kappa shape index (κ3) is 11.0. The van der Waals surface area contributed by atoms with Gasteiger partial charge in [0.05, 0.1) is 0 Å². The summed E-state index contributed by atoms with van der Waals surface area (Å²) in [5, 5.41) is 3.03. The van der Waals surface area contributed by atoms with Gasteiger partial charge in [-0.05, 0) is 82.9 Å². The highest BCUT2D eigenvalue weighted by Crippen LogP contribution is 2.51. The van der Waals surface area contributed by atoms with Crippen molar-refractivity contribution in [3.05, 3.63) is 113 Å². The van der Waals surface area contributed by atoms with E-state index in [0.717, 1.165) is 37.7 Å². The number of nitrogens with one attached hydrogen (secondary N) is 2. The third-order valence-electron chi connectivity index (χ3n) is 15.2. The van der Waals surface area contributed by atoms with Crippen LogP contribution in [-0.4, -0.2) is 46.7 Å². The number of aromatic amines is 1. The quantitative estimate of drug-likeness (QED) is 0.150. The van der Waals surface area contributed by atoms with Gasteiger partial charge in [-0.2, -0.15) is 0 Å². The smallest absolute Gasteiger partial charge is 0.343 e. The van der Waals surface area contributed by atoms with Crippen molar-refractivity contribution in [2.75, 3.05) is 5.73 Å². The van der Waals surface area contributed by atoms with Crippen molar-refractivity contribution >= 4 is 46.7 Å². The minimum Gasteiger partial charge on any atom is -0.458 e. The van der Waals surface area contributed by atoms with Gasteiger partial charge < -0.3 is 25.5 Å². The number of hydrogen-bond donors (Lipinski definition) is 3. The summed E-state index contributed by atoms with van der Waals surface area (Å²) in [5.41, 5.74) is 9.97. The summed E-state index contributed by atoms with van der Waals surface area (Å²) in [5.74, 6) is -0.220. The van der Waals surface area contributed by atoms with E-state index in [1.54, 1.807) is 12.1 Å². The van der Waals surface area contributed by atoms with Crippen LogP contribution < -0.4 is 11.1 Å². The van der Waals surface area contributed by atoms with Crippen LogP contribution in [0.1, 0.15) is 154 Å². The van der Waals surface area contributed by atoms with E-state index in [1.165, 1.54) is 0 Å². The lowest BCUT2D eigenvalue weighted by Crippen LogP contribution is -2.50. The number of carbonyl (C=O) groups is 3. The Morgan fingerprint density at radius 2 is 1.14 bits per heavy atom. The van der Waals surface area contributed by atoms with Crippen LogP contribution in [-0.2, 0) is 14.3 Å². The number of ether oxygens (including phenoxy) is 2. The van der Waals surface area contributed by atoms with Gasteiger partial charge in [0.25, 0.3) is 5.91 Å². The Hall–Kier alpha value is -5.77. The molecule has 4 atom stereocenters. The summed E-state index contributed by atoms with van der Waals surface area (Å²) in [6.45, 7) is 30.8. The van der Waals surface area contributed by atoms with Crippen molar-refractivity contribution in [2.45, 2.75) is 141 Å². The standard InChI is InChI=1S/C59H77N5O5/c1-34-32-41(58(9,10)11)48(42(33-34)59(12,13)14)69-55(67)46-44(37-27-19-16-20-28-37)51(63-52(46)64-53(65)38-29-22-21-24-35(38)2)62-50-43(36-25-17-15-18-26-36)45(49(60)61-50)54(66)68-47-39(56(3,4)5)30-23-31-40(47)57(6,7)8/h15-22,24-29,34,39-42,47-48,61H,23,30-33,60H2,1-14H3,(H,62,63,64,65). The fourth-order valence-electron chi connectivity index (χ4n) is 11.4.